The first-order valence-electron chi connectivity index (χ1n) is 8.26. The summed E-state index contributed by atoms with van der Waals surface area (Å²) in [5, 5.41) is 8.83. The van der Waals surface area contributed by atoms with Crippen LogP contribution in [0.4, 0.5) is 0 Å². The van der Waals surface area contributed by atoms with E-state index < -0.39 is 0 Å². The SMILES string of the molecule is N#Cc1ccc(CSCC(=O)N(Cc2cccc(Br)c2)C2CC2)cc1. The Morgan fingerprint density at radius 3 is 2.60 bits per heavy atom. The standard InChI is InChI=1S/C20H19BrN2OS/c21-18-3-1-2-17(10-18)12-23(19-8-9-19)20(24)14-25-13-16-6-4-15(11-22)5-7-16/h1-7,10,19H,8-9,12-14H2. The lowest BCUT2D eigenvalue weighted by atomic mass is 10.2. The Hall–Kier alpha value is -1.77. The van der Waals surface area contributed by atoms with Gasteiger partial charge in [-0.25, -0.2) is 0 Å². The number of carbonyl (C=O) groups excluding carboxylic acids is 1. The molecule has 2 aromatic carbocycles. The zero-order chi connectivity index (χ0) is 17.6. The van der Waals surface area contributed by atoms with Gasteiger partial charge >= 0.3 is 0 Å². The van der Waals surface area contributed by atoms with Gasteiger partial charge in [0, 0.05) is 22.8 Å². The van der Waals surface area contributed by atoms with Gasteiger partial charge in [-0.1, -0.05) is 40.2 Å². The maximum absolute atomic E-state index is 12.7. The topological polar surface area (TPSA) is 44.1 Å². The summed E-state index contributed by atoms with van der Waals surface area (Å²) in [5.41, 5.74) is 2.97. The van der Waals surface area contributed by atoms with Crippen LogP contribution < -0.4 is 0 Å². The van der Waals surface area contributed by atoms with E-state index in [0.29, 0.717) is 23.9 Å². The highest BCUT2D eigenvalue weighted by Gasteiger charge is 2.32. The summed E-state index contributed by atoms with van der Waals surface area (Å²) in [6.45, 7) is 0.681. The fraction of sp³-hybridized carbons (Fsp3) is 0.300. The van der Waals surface area contributed by atoms with E-state index in [9.17, 15) is 4.79 Å². The van der Waals surface area contributed by atoms with Crippen LogP contribution in [-0.4, -0.2) is 22.6 Å². The molecule has 128 valence electrons. The molecule has 25 heavy (non-hydrogen) atoms. The number of carbonyl (C=O) groups is 1. The Kier molecular flexibility index (Phi) is 6.17. The number of halogens is 1. The molecule has 0 bridgehead atoms. The van der Waals surface area contributed by atoms with Crippen LogP contribution in [0.25, 0.3) is 0 Å². The van der Waals surface area contributed by atoms with Crippen LogP contribution in [0.1, 0.15) is 29.5 Å². The molecule has 1 aliphatic rings. The average molecular weight is 415 g/mol. The molecule has 0 radical (unpaired) electrons. The Morgan fingerprint density at radius 2 is 1.96 bits per heavy atom. The molecular weight excluding hydrogens is 396 g/mol. The van der Waals surface area contributed by atoms with E-state index in [0.717, 1.165) is 34.2 Å². The molecule has 1 amide bonds. The first-order valence-corrected chi connectivity index (χ1v) is 10.2. The van der Waals surface area contributed by atoms with E-state index in [4.69, 9.17) is 5.26 Å². The number of amides is 1. The number of thioether (sulfide) groups is 1. The van der Waals surface area contributed by atoms with Gasteiger partial charge in [0.2, 0.25) is 5.91 Å². The third kappa shape index (κ3) is 5.35. The number of nitriles is 1. The molecule has 2 aromatic rings. The number of hydrogen-bond acceptors (Lipinski definition) is 3. The van der Waals surface area contributed by atoms with Crippen molar-refractivity contribution < 1.29 is 4.79 Å². The molecule has 0 spiro atoms. The largest absolute Gasteiger partial charge is 0.335 e. The maximum Gasteiger partial charge on any atom is 0.233 e. The van der Waals surface area contributed by atoms with Crippen LogP contribution in [-0.2, 0) is 17.1 Å². The molecule has 0 heterocycles. The molecule has 1 fully saturated rings. The number of hydrogen-bond donors (Lipinski definition) is 0. The first kappa shape index (κ1) is 18.0. The monoisotopic (exact) mass is 414 g/mol. The van der Waals surface area contributed by atoms with Gasteiger partial charge in [0.25, 0.3) is 0 Å². The maximum atomic E-state index is 12.7. The lowest BCUT2D eigenvalue weighted by molar-refractivity contribution is -0.129. The Balaban J connectivity index is 1.53. The third-order valence-electron chi connectivity index (χ3n) is 4.13. The van der Waals surface area contributed by atoms with Crippen LogP contribution >= 0.6 is 27.7 Å². The van der Waals surface area contributed by atoms with Gasteiger partial charge in [0.1, 0.15) is 0 Å². The molecule has 3 nitrogen and oxygen atoms in total. The van der Waals surface area contributed by atoms with Gasteiger partial charge in [-0.05, 0) is 48.2 Å². The van der Waals surface area contributed by atoms with Crippen LogP contribution in [0.15, 0.2) is 53.0 Å². The van der Waals surface area contributed by atoms with E-state index in [2.05, 4.69) is 34.1 Å². The predicted octanol–water partition coefficient (Wildman–Crippen LogP) is 4.75. The lowest BCUT2D eigenvalue weighted by Crippen LogP contribution is -2.34. The van der Waals surface area contributed by atoms with E-state index in [-0.39, 0.29) is 5.91 Å². The zero-order valence-corrected chi connectivity index (χ0v) is 16.2. The molecular formula is C20H19BrN2OS. The minimum atomic E-state index is 0.209. The fourth-order valence-electron chi connectivity index (χ4n) is 2.65. The highest BCUT2D eigenvalue weighted by Crippen LogP contribution is 2.29. The van der Waals surface area contributed by atoms with Crippen molar-refractivity contribution in [2.45, 2.75) is 31.2 Å². The second kappa shape index (κ2) is 8.55. The third-order valence-corrected chi connectivity index (χ3v) is 5.61. The highest BCUT2D eigenvalue weighted by atomic mass is 79.9. The molecule has 3 rings (SSSR count). The van der Waals surface area contributed by atoms with E-state index >= 15 is 0 Å². The summed E-state index contributed by atoms with van der Waals surface area (Å²) in [5.74, 6) is 1.48. The smallest absolute Gasteiger partial charge is 0.233 e. The Labute approximate surface area is 161 Å². The second-order valence-electron chi connectivity index (χ2n) is 6.18. The fourth-order valence-corrected chi connectivity index (χ4v) is 3.97. The summed E-state index contributed by atoms with van der Waals surface area (Å²) in [4.78, 5) is 14.7. The minimum absolute atomic E-state index is 0.209. The zero-order valence-electron chi connectivity index (χ0n) is 13.8. The Morgan fingerprint density at radius 1 is 1.20 bits per heavy atom. The van der Waals surface area contributed by atoms with Crippen molar-refractivity contribution in [1.82, 2.24) is 4.90 Å². The summed E-state index contributed by atoms with van der Waals surface area (Å²) in [7, 11) is 0. The molecule has 0 unspecified atom stereocenters. The van der Waals surface area contributed by atoms with E-state index in [1.807, 2.05) is 41.3 Å². The molecule has 5 heteroatoms. The van der Waals surface area contributed by atoms with Gasteiger partial charge in [-0.2, -0.15) is 5.26 Å². The summed E-state index contributed by atoms with van der Waals surface area (Å²) in [6, 6.07) is 18.2. The van der Waals surface area contributed by atoms with Crippen molar-refractivity contribution in [2.24, 2.45) is 0 Å². The van der Waals surface area contributed by atoms with Gasteiger partial charge < -0.3 is 4.90 Å². The number of benzene rings is 2. The lowest BCUT2D eigenvalue weighted by Gasteiger charge is -2.22. The van der Waals surface area contributed by atoms with Gasteiger partial charge in [0.05, 0.1) is 17.4 Å². The quantitative estimate of drug-likeness (QED) is 0.656. The van der Waals surface area contributed by atoms with Crippen molar-refractivity contribution in [3.63, 3.8) is 0 Å². The normalized spacial score (nSPS) is 13.3. The first-order chi connectivity index (χ1) is 12.2. The van der Waals surface area contributed by atoms with E-state index in [1.165, 1.54) is 0 Å². The van der Waals surface area contributed by atoms with Gasteiger partial charge in [0.15, 0.2) is 0 Å². The van der Waals surface area contributed by atoms with E-state index in [1.54, 1.807) is 11.8 Å². The van der Waals surface area contributed by atoms with Gasteiger partial charge in [-0.3, -0.25) is 4.79 Å². The number of nitrogens with zero attached hydrogens (tertiary/aromatic N) is 2. The Bertz CT molecular complexity index is 781. The van der Waals surface area contributed by atoms with Crippen molar-refractivity contribution >= 4 is 33.6 Å². The minimum Gasteiger partial charge on any atom is -0.335 e. The molecule has 0 saturated heterocycles. The van der Waals surface area contributed by atoms with Gasteiger partial charge in [-0.15, -0.1) is 11.8 Å². The van der Waals surface area contributed by atoms with Crippen molar-refractivity contribution in [2.75, 3.05) is 5.75 Å². The van der Waals surface area contributed by atoms with Crippen LogP contribution in [0, 0.1) is 11.3 Å². The summed E-state index contributed by atoms with van der Waals surface area (Å²) >= 11 is 5.12. The average Bonchev–Trinajstić information content (AvgIpc) is 3.45. The van der Waals surface area contributed by atoms with Crippen LogP contribution in [0.3, 0.4) is 0 Å². The molecule has 0 aliphatic heterocycles. The molecule has 1 saturated carbocycles. The van der Waals surface area contributed by atoms with Crippen molar-refractivity contribution in [3.05, 3.63) is 69.7 Å². The molecule has 0 atom stereocenters. The number of rotatable bonds is 7. The highest BCUT2D eigenvalue weighted by molar-refractivity contribution is 9.10. The van der Waals surface area contributed by atoms with Crippen molar-refractivity contribution in [3.8, 4) is 6.07 Å². The van der Waals surface area contributed by atoms with Crippen LogP contribution in [0.5, 0.6) is 0 Å². The van der Waals surface area contributed by atoms with Crippen LogP contribution in [0.2, 0.25) is 0 Å². The molecule has 0 aromatic heterocycles. The second-order valence-corrected chi connectivity index (χ2v) is 8.09. The molecule has 1 aliphatic carbocycles. The summed E-state index contributed by atoms with van der Waals surface area (Å²) < 4.78 is 1.04. The predicted molar refractivity (Wildman–Crippen MR) is 105 cm³/mol. The summed E-state index contributed by atoms with van der Waals surface area (Å²) in [6.07, 6.45) is 2.22. The molecule has 0 N–H and O–H groups in total. The van der Waals surface area contributed by atoms with Crippen molar-refractivity contribution in [1.29, 1.82) is 5.26 Å².